The van der Waals surface area contributed by atoms with Crippen LogP contribution in [0.4, 0.5) is 10.1 Å². The molecule has 0 fully saturated rings. The molecule has 1 rings (SSSR count). The lowest BCUT2D eigenvalue weighted by Gasteiger charge is -2.29. The van der Waals surface area contributed by atoms with E-state index < -0.39 is 5.54 Å². The summed E-state index contributed by atoms with van der Waals surface area (Å²) < 4.78 is 12.8. The standard InChI is InChI=1S/C13H18FN3/c1-4-16-13(2,9-15)10-17(3)12-7-5-11(14)6-8-12/h5-8,16H,4,10H2,1-3H3. The fourth-order valence-electron chi connectivity index (χ4n) is 1.78. The largest absolute Gasteiger partial charge is 0.372 e. The minimum Gasteiger partial charge on any atom is -0.372 e. The molecule has 0 heterocycles. The Morgan fingerprint density at radius 1 is 1.41 bits per heavy atom. The van der Waals surface area contributed by atoms with E-state index >= 15 is 0 Å². The summed E-state index contributed by atoms with van der Waals surface area (Å²) in [6.07, 6.45) is 0. The van der Waals surface area contributed by atoms with E-state index in [4.69, 9.17) is 5.26 Å². The van der Waals surface area contributed by atoms with Crippen molar-refractivity contribution in [2.24, 2.45) is 0 Å². The number of nitrogens with zero attached hydrogens (tertiary/aromatic N) is 2. The van der Waals surface area contributed by atoms with Crippen LogP contribution >= 0.6 is 0 Å². The number of anilines is 1. The quantitative estimate of drug-likeness (QED) is 0.850. The van der Waals surface area contributed by atoms with Gasteiger partial charge >= 0.3 is 0 Å². The highest BCUT2D eigenvalue weighted by Crippen LogP contribution is 2.15. The third-order valence-electron chi connectivity index (χ3n) is 2.63. The van der Waals surface area contributed by atoms with Gasteiger partial charge in [-0.2, -0.15) is 5.26 Å². The highest BCUT2D eigenvalue weighted by atomic mass is 19.1. The molecule has 1 aromatic carbocycles. The first-order valence-corrected chi connectivity index (χ1v) is 5.64. The molecule has 0 spiro atoms. The Kier molecular flexibility index (Phi) is 4.47. The molecule has 1 atom stereocenters. The summed E-state index contributed by atoms with van der Waals surface area (Å²) in [5, 5.41) is 12.3. The fourth-order valence-corrected chi connectivity index (χ4v) is 1.78. The Labute approximate surface area is 102 Å². The van der Waals surface area contributed by atoms with Gasteiger partial charge in [0.2, 0.25) is 0 Å². The SMILES string of the molecule is CCNC(C)(C#N)CN(C)c1ccc(F)cc1. The first kappa shape index (κ1) is 13.5. The Morgan fingerprint density at radius 3 is 2.47 bits per heavy atom. The van der Waals surface area contributed by atoms with E-state index in [0.29, 0.717) is 6.54 Å². The van der Waals surface area contributed by atoms with Gasteiger partial charge in [0.15, 0.2) is 0 Å². The normalized spacial score (nSPS) is 13.8. The minimum atomic E-state index is -0.599. The first-order chi connectivity index (χ1) is 8.00. The van der Waals surface area contributed by atoms with E-state index in [1.165, 1.54) is 12.1 Å². The van der Waals surface area contributed by atoms with E-state index in [9.17, 15) is 4.39 Å². The number of benzene rings is 1. The highest BCUT2D eigenvalue weighted by Gasteiger charge is 2.24. The monoisotopic (exact) mass is 235 g/mol. The van der Waals surface area contributed by atoms with Crippen molar-refractivity contribution in [1.82, 2.24) is 5.32 Å². The van der Waals surface area contributed by atoms with Crippen molar-refractivity contribution in [2.45, 2.75) is 19.4 Å². The number of halogens is 1. The zero-order valence-electron chi connectivity index (χ0n) is 10.5. The van der Waals surface area contributed by atoms with Crippen molar-refractivity contribution < 1.29 is 4.39 Å². The number of rotatable bonds is 5. The van der Waals surface area contributed by atoms with Crippen LogP contribution in [0.2, 0.25) is 0 Å². The smallest absolute Gasteiger partial charge is 0.123 e. The average molecular weight is 235 g/mol. The van der Waals surface area contributed by atoms with Gasteiger partial charge in [-0.3, -0.25) is 5.32 Å². The van der Waals surface area contributed by atoms with Crippen molar-refractivity contribution in [1.29, 1.82) is 5.26 Å². The summed E-state index contributed by atoms with van der Waals surface area (Å²) in [4.78, 5) is 1.94. The minimum absolute atomic E-state index is 0.253. The van der Waals surface area contributed by atoms with Crippen LogP contribution in [0, 0.1) is 17.1 Å². The third-order valence-corrected chi connectivity index (χ3v) is 2.63. The molecule has 17 heavy (non-hydrogen) atoms. The molecule has 92 valence electrons. The van der Waals surface area contributed by atoms with E-state index in [0.717, 1.165) is 12.2 Å². The van der Waals surface area contributed by atoms with Crippen molar-refractivity contribution in [2.75, 3.05) is 25.0 Å². The molecular weight excluding hydrogens is 217 g/mol. The maximum Gasteiger partial charge on any atom is 0.123 e. The Hall–Kier alpha value is -1.60. The van der Waals surface area contributed by atoms with Crippen molar-refractivity contribution >= 4 is 5.69 Å². The van der Waals surface area contributed by atoms with Crippen LogP contribution in [0.15, 0.2) is 24.3 Å². The molecule has 0 bridgehead atoms. The van der Waals surface area contributed by atoms with Crippen LogP contribution in [-0.4, -0.2) is 25.7 Å². The average Bonchev–Trinajstić information content (AvgIpc) is 2.30. The lowest BCUT2D eigenvalue weighted by molar-refractivity contribution is 0.462. The molecule has 1 N–H and O–H groups in total. The lowest BCUT2D eigenvalue weighted by Crippen LogP contribution is -2.49. The molecule has 0 radical (unpaired) electrons. The topological polar surface area (TPSA) is 39.1 Å². The summed E-state index contributed by atoms with van der Waals surface area (Å²) >= 11 is 0. The van der Waals surface area contributed by atoms with Gasteiger partial charge in [-0.15, -0.1) is 0 Å². The molecule has 4 heteroatoms. The predicted molar refractivity (Wildman–Crippen MR) is 67.4 cm³/mol. The van der Waals surface area contributed by atoms with Crippen LogP contribution in [0.1, 0.15) is 13.8 Å². The van der Waals surface area contributed by atoms with Gasteiger partial charge in [-0.05, 0) is 37.7 Å². The third kappa shape index (κ3) is 3.72. The van der Waals surface area contributed by atoms with Gasteiger partial charge in [-0.1, -0.05) is 6.92 Å². The number of hydrogen-bond acceptors (Lipinski definition) is 3. The molecule has 1 unspecified atom stereocenters. The predicted octanol–water partition coefficient (Wildman–Crippen LogP) is 2.15. The maximum absolute atomic E-state index is 12.8. The van der Waals surface area contributed by atoms with Crippen molar-refractivity contribution in [3.05, 3.63) is 30.1 Å². The lowest BCUT2D eigenvalue weighted by atomic mass is 10.0. The molecule has 0 aliphatic carbocycles. The van der Waals surface area contributed by atoms with Gasteiger partial charge in [-0.25, -0.2) is 4.39 Å². The Balaban J connectivity index is 2.74. The second-order valence-corrected chi connectivity index (χ2v) is 4.31. The Bertz CT molecular complexity index is 396. The molecule has 0 amide bonds. The number of likely N-dealkylation sites (N-methyl/N-ethyl adjacent to an activating group) is 2. The molecule has 0 saturated carbocycles. The van der Waals surface area contributed by atoms with E-state index in [1.54, 1.807) is 12.1 Å². The van der Waals surface area contributed by atoms with Gasteiger partial charge in [0.05, 0.1) is 6.07 Å². The number of hydrogen-bond donors (Lipinski definition) is 1. The molecule has 0 saturated heterocycles. The summed E-state index contributed by atoms with van der Waals surface area (Å²) in [6.45, 7) is 5.11. The van der Waals surface area contributed by atoms with Crippen LogP contribution in [0.3, 0.4) is 0 Å². The van der Waals surface area contributed by atoms with E-state index in [1.807, 2.05) is 25.8 Å². The van der Waals surface area contributed by atoms with Gasteiger partial charge in [0.1, 0.15) is 11.4 Å². The number of nitrogens with one attached hydrogen (secondary N) is 1. The van der Waals surface area contributed by atoms with E-state index in [-0.39, 0.29) is 5.82 Å². The van der Waals surface area contributed by atoms with Crippen LogP contribution in [0.25, 0.3) is 0 Å². The second-order valence-electron chi connectivity index (χ2n) is 4.31. The number of nitriles is 1. The van der Waals surface area contributed by atoms with Crippen LogP contribution < -0.4 is 10.2 Å². The molecule has 0 aliphatic rings. The maximum atomic E-state index is 12.8. The zero-order valence-corrected chi connectivity index (χ0v) is 10.5. The molecule has 0 aromatic heterocycles. The summed E-state index contributed by atoms with van der Waals surface area (Å²) in [5.41, 5.74) is 0.295. The first-order valence-electron chi connectivity index (χ1n) is 5.64. The van der Waals surface area contributed by atoms with Crippen LogP contribution in [-0.2, 0) is 0 Å². The van der Waals surface area contributed by atoms with E-state index in [2.05, 4.69) is 11.4 Å². The molecule has 0 aliphatic heterocycles. The molecular formula is C13H18FN3. The van der Waals surface area contributed by atoms with Gasteiger partial charge in [0.25, 0.3) is 0 Å². The summed E-state index contributed by atoms with van der Waals surface area (Å²) in [6, 6.07) is 8.52. The summed E-state index contributed by atoms with van der Waals surface area (Å²) in [7, 11) is 1.89. The fraction of sp³-hybridized carbons (Fsp3) is 0.462. The zero-order chi connectivity index (χ0) is 12.9. The van der Waals surface area contributed by atoms with Crippen molar-refractivity contribution in [3.8, 4) is 6.07 Å². The molecule has 3 nitrogen and oxygen atoms in total. The second kappa shape index (κ2) is 5.65. The van der Waals surface area contributed by atoms with Crippen LogP contribution in [0.5, 0.6) is 0 Å². The summed E-state index contributed by atoms with van der Waals surface area (Å²) in [5.74, 6) is -0.253. The van der Waals surface area contributed by atoms with Gasteiger partial charge < -0.3 is 4.90 Å². The van der Waals surface area contributed by atoms with Gasteiger partial charge in [0, 0.05) is 19.3 Å². The Morgan fingerprint density at radius 2 is 2.00 bits per heavy atom. The van der Waals surface area contributed by atoms with Crippen molar-refractivity contribution in [3.63, 3.8) is 0 Å². The highest BCUT2D eigenvalue weighted by molar-refractivity contribution is 5.46. The molecule has 1 aromatic rings.